The van der Waals surface area contributed by atoms with E-state index in [2.05, 4.69) is 50.3 Å². The van der Waals surface area contributed by atoms with Crippen LogP contribution in [0.3, 0.4) is 0 Å². The normalized spacial score (nSPS) is 11.8. The Bertz CT molecular complexity index is 1400. The molecule has 0 spiro atoms. The average Bonchev–Trinajstić information content (AvgIpc) is 3.57. The van der Waals surface area contributed by atoms with E-state index in [0.29, 0.717) is 10.0 Å². The summed E-state index contributed by atoms with van der Waals surface area (Å²) in [6.07, 6.45) is 8.05. The van der Waals surface area contributed by atoms with Crippen molar-refractivity contribution in [2.45, 2.75) is 0 Å². The van der Waals surface area contributed by atoms with Crippen LogP contribution in [-0.2, 0) is 0 Å². The first-order chi connectivity index (χ1) is 15.6. The van der Waals surface area contributed by atoms with Gasteiger partial charge in [-0.3, -0.25) is 0 Å². The minimum atomic E-state index is 0.606. The molecule has 32 heavy (non-hydrogen) atoms. The quantitative estimate of drug-likeness (QED) is 0.246. The summed E-state index contributed by atoms with van der Waals surface area (Å²) < 4.78 is 0. The fourth-order valence-electron chi connectivity index (χ4n) is 3.38. The molecule has 0 unspecified atom stereocenters. The van der Waals surface area contributed by atoms with E-state index in [4.69, 9.17) is 23.2 Å². The molecule has 0 saturated heterocycles. The first kappa shape index (κ1) is 20.3. The summed E-state index contributed by atoms with van der Waals surface area (Å²) in [5.41, 5.74) is 7.86. The van der Waals surface area contributed by atoms with Gasteiger partial charge in [0.1, 0.15) is 0 Å². The van der Waals surface area contributed by atoms with Gasteiger partial charge in [-0.15, -0.1) is 0 Å². The van der Waals surface area contributed by atoms with E-state index < -0.39 is 0 Å². The summed E-state index contributed by atoms with van der Waals surface area (Å²) in [6.45, 7) is 0. The number of H-pyrrole nitrogens is 2. The molecule has 4 nitrogen and oxygen atoms in total. The lowest BCUT2D eigenvalue weighted by Crippen LogP contribution is -1.77. The molecule has 0 saturated carbocycles. The molecular formula is C26H18Cl2N4. The van der Waals surface area contributed by atoms with Gasteiger partial charge in [-0.1, -0.05) is 35.3 Å². The monoisotopic (exact) mass is 456 g/mol. The molecular weight excluding hydrogens is 439 g/mol. The summed E-state index contributed by atoms with van der Waals surface area (Å²) in [4.78, 5) is 16.0. The van der Waals surface area contributed by atoms with Crippen LogP contribution in [0.1, 0.15) is 22.8 Å². The molecule has 6 heteroatoms. The second-order valence-corrected chi connectivity index (χ2v) is 8.13. The van der Waals surface area contributed by atoms with Crippen molar-refractivity contribution in [3.63, 3.8) is 0 Å². The maximum absolute atomic E-state index is 5.58. The van der Waals surface area contributed by atoms with Crippen LogP contribution in [0, 0.1) is 0 Å². The molecule has 0 amide bonds. The molecule has 6 rings (SSSR count). The van der Waals surface area contributed by atoms with Crippen molar-refractivity contribution in [2.24, 2.45) is 0 Å². The number of nitrogens with zero attached hydrogens (tertiary/aromatic N) is 2. The van der Waals surface area contributed by atoms with E-state index in [0.717, 1.165) is 44.8 Å². The molecule has 0 aliphatic carbocycles. The van der Waals surface area contributed by atoms with Crippen molar-refractivity contribution in [1.82, 2.24) is 19.9 Å². The number of aromatic amines is 2. The number of fused-ring (bicyclic) bond motifs is 8. The predicted octanol–water partition coefficient (Wildman–Crippen LogP) is 7.65. The van der Waals surface area contributed by atoms with Gasteiger partial charge < -0.3 is 9.97 Å². The third kappa shape index (κ3) is 4.83. The number of hydrogen-bond acceptors (Lipinski definition) is 2. The van der Waals surface area contributed by atoms with E-state index in [1.54, 1.807) is 12.1 Å². The molecule has 1 aromatic carbocycles. The first-order valence-electron chi connectivity index (χ1n) is 10.1. The number of rotatable bonds is 0. The van der Waals surface area contributed by atoms with Gasteiger partial charge in [-0.2, -0.15) is 0 Å². The minimum absolute atomic E-state index is 0.606. The molecule has 156 valence electrons. The summed E-state index contributed by atoms with van der Waals surface area (Å²) in [5, 5.41) is 1.21. The highest BCUT2D eigenvalue weighted by atomic mass is 35.5. The SMILES string of the molecule is C1=Cc2cc3ccc(cc4ccc(cc5nc(cc1n2)C=C5)[nH]4)[nH]3.Clc1ccccc1Cl. The third-order valence-electron chi connectivity index (χ3n) is 4.87. The van der Waals surface area contributed by atoms with E-state index in [1.165, 1.54) is 0 Å². The zero-order valence-corrected chi connectivity index (χ0v) is 18.4. The zero-order valence-electron chi connectivity index (χ0n) is 16.9. The average molecular weight is 457 g/mol. The van der Waals surface area contributed by atoms with Crippen molar-refractivity contribution in [1.29, 1.82) is 0 Å². The van der Waals surface area contributed by atoms with Gasteiger partial charge in [0.2, 0.25) is 0 Å². The van der Waals surface area contributed by atoms with Gasteiger partial charge >= 0.3 is 0 Å². The fraction of sp³-hybridized carbons (Fsp3) is 0. The highest BCUT2D eigenvalue weighted by Gasteiger charge is 2.02. The second kappa shape index (κ2) is 8.87. The van der Waals surface area contributed by atoms with Gasteiger partial charge in [0, 0.05) is 22.1 Å². The highest BCUT2D eigenvalue weighted by molar-refractivity contribution is 6.41. The lowest BCUT2D eigenvalue weighted by Gasteiger charge is -1.88. The first-order valence-corrected chi connectivity index (χ1v) is 10.8. The van der Waals surface area contributed by atoms with E-state index in [-0.39, 0.29) is 0 Å². The standard InChI is InChI=1S/C20H14N4.C6H4Cl2/c1-2-14-10-16-5-6-18(23-16)12-20-8-7-19(24-20)11-17-4-3-15(22-17)9-13(1)21-14;7-5-3-1-2-4-6(5)8/h1-12,21-22H;1-4H. The van der Waals surface area contributed by atoms with Crippen LogP contribution in [0.15, 0.2) is 72.8 Å². The van der Waals surface area contributed by atoms with Crippen LogP contribution in [0.4, 0.5) is 0 Å². The highest BCUT2D eigenvalue weighted by Crippen LogP contribution is 2.19. The van der Waals surface area contributed by atoms with E-state index in [9.17, 15) is 0 Å². The van der Waals surface area contributed by atoms with Gasteiger partial charge in [0.05, 0.1) is 32.8 Å². The Kier molecular flexibility index (Phi) is 5.63. The Balaban J connectivity index is 0.000000230. The summed E-state index contributed by atoms with van der Waals surface area (Å²) in [7, 11) is 0. The third-order valence-corrected chi connectivity index (χ3v) is 5.62. The Morgan fingerprint density at radius 2 is 0.844 bits per heavy atom. The number of nitrogens with one attached hydrogen (secondary N) is 2. The molecule has 5 heterocycles. The van der Waals surface area contributed by atoms with Crippen LogP contribution in [0.5, 0.6) is 0 Å². The maximum atomic E-state index is 5.58. The molecule has 3 aromatic heterocycles. The Morgan fingerprint density at radius 3 is 1.25 bits per heavy atom. The zero-order chi connectivity index (χ0) is 21.9. The fourth-order valence-corrected chi connectivity index (χ4v) is 3.65. The lowest BCUT2D eigenvalue weighted by atomic mass is 10.3. The molecule has 2 aliphatic heterocycles. The maximum Gasteiger partial charge on any atom is 0.0659 e. The number of hydrogen-bond donors (Lipinski definition) is 2. The van der Waals surface area contributed by atoms with Gasteiger partial charge in [-0.25, -0.2) is 9.97 Å². The minimum Gasteiger partial charge on any atom is -0.355 e. The molecule has 8 bridgehead atoms. The van der Waals surface area contributed by atoms with E-state index in [1.807, 2.05) is 54.6 Å². The van der Waals surface area contributed by atoms with Crippen LogP contribution >= 0.6 is 23.2 Å². The predicted molar refractivity (Wildman–Crippen MR) is 135 cm³/mol. The number of aromatic nitrogens is 4. The van der Waals surface area contributed by atoms with Gasteiger partial charge in [0.25, 0.3) is 0 Å². The Morgan fingerprint density at radius 1 is 0.469 bits per heavy atom. The van der Waals surface area contributed by atoms with Crippen LogP contribution in [-0.4, -0.2) is 19.9 Å². The largest absolute Gasteiger partial charge is 0.355 e. The summed E-state index contributed by atoms with van der Waals surface area (Å²) in [5.74, 6) is 0. The summed E-state index contributed by atoms with van der Waals surface area (Å²) in [6, 6.07) is 23.6. The Labute approximate surface area is 194 Å². The summed E-state index contributed by atoms with van der Waals surface area (Å²) >= 11 is 11.2. The molecule has 0 radical (unpaired) electrons. The molecule has 0 fully saturated rings. The number of halogens is 2. The molecule has 2 aliphatic rings. The lowest BCUT2D eigenvalue weighted by molar-refractivity contribution is 1.28. The van der Waals surface area contributed by atoms with Crippen molar-refractivity contribution >= 4 is 69.6 Å². The van der Waals surface area contributed by atoms with Crippen molar-refractivity contribution in [3.05, 3.63) is 106 Å². The van der Waals surface area contributed by atoms with Crippen LogP contribution < -0.4 is 0 Å². The van der Waals surface area contributed by atoms with Gasteiger partial charge in [0.15, 0.2) is 0 Å². The van der Waals surface area contributed by atoms with Crippen LogP contribution in [0.2, 0.25) is 10.0 Å². The van der Waals surface area contributed by atoms with Crippen LogP contribution in [0.25, 0.3) is 46.4 Å². The topological polar surface area (TPSA) is 57.4 Å². The van der Waals surface area contributed by atoms with Crippen molar-refractivity contribution < 1.29 is 0 Å². The van der Waals surface area contributed by atoms with Crippen molar-refractivity contribution in [2.75, 3.05) is 0 Å². The van der Waals surface area contributed by atoms with Gasteiger partial charge in [-0.05, 0) is 85.0 Å². The second-order valence-electron chi connectivity index (χ2n) is 7.32. The molecule has 0 atom stereocenters. The van der Waals surface area contributed by atoms with E-state index >= 15 is 0 Å². The number of benzene rings is 1. The smallest absolute Gasteiger partial charge is 0.0659 e. The molecule has 2 N–H and O–H groups in total. The van der Waals surface area contributed by atoms with Crippen molar-refractivity contribution in [3.8, 4) is 0 Å². The Hall–Kier alpha value is -3.60. The molecule has 4 aromatic rings.